The van der Waals surface area contributed by atoms with Crippen LogP contribution in [0.25, 0.3) is 0 Å². The van der Waals surface area contributed by atoms with Gasteiger partial charge in [0, 0.05) is 51.3 Å². The maximum atomic E-state index is 13.7. The van der Waals surface area contributed by atoms with Gasteiger partial charge in [0.15, 0.2) is 0 Å². The Kier molecular flexibility index (Phi) is 7.50. The highest BCUT2D eigenvalue weighted by Crippen LogP contribution is 2.29. The Bertz CT molecular complexity index is 957. The monoisotopic (exact) mass is 451 g/mol. The van der Waals surface area contributed by atoms with Gasteiger partial charge < -0.3 is 19.3 Å². The van der Waals surface area contributed by atoms with E-state index in [0.717, 1.165) is 55.1 Å². The first-order chi connectivity index (χ1) is 16.1. The van der Waals surface area contributed by atoms with Crippen LogP contribution in [0.15, 0.2) is 48.5 Å². The molecule has 2 aromatic carbocycles. The SMILES string of the molecule is COc1ccc(OC)c(CN2CCN(C(=O)C(c3ccccc3)N3CCCCC3=O)CC2)c1. The zero-order valence-corrected chi connectivity index (χ0v) is 19.5. The Hall–Kier alpha value is -3.06. The van der Waals surface area contributed by atoms with Crippen LogP contribution in [0.1, 0.15) is 36.4 Å². The molecular weight excluding hydrogens is 418 g/mol. The molecule has 0 spiro atoms. The van der Waals surface area contributed by atoms with Gasteiger partial charge in [-0.2, -0.15) is 0 Å². The van der Waals surface area contributed by atoms with Crippen LogP contribution in [-0.2, 0) is 16.1 Å². The van der Waals surface area contributed by atoms with Crippen LogP contribution in [0, 0.1) is 0 Å². The second kappa shape index (κ2) is 10.7. The Morgan fingerprint density at radius 3 is 2.36 bits per heavy atom. The lowest BCUT2D eigenvalue weighted by Crippen LogP contribution is -2.53. The van der Waals surface area contributed by atoms with E-state index >= 15 is 0 Å². The lowest BCUT2D eigenvalue weighted by molar-refractivity contribution is -0.148. The molecule has 0 N–H and O–H groups in total. The summed E-state index contributed by atoms with van der Waals surface area (Å²) in [5.41, 5.74) is 1.96. The highest BCUT2D eigenvalue weighted by molar-refractivity contribution is 5.89. The van der Waals surface area contributed by atoms with Crippen LogP contribution in [0.3, 0.4) is 0 Å². The highest BCUT2D eigenvalue weighted by Gasteiger charge is 2.36. The van der Waals surface area contributed by atoms with E-state index in [1.165, 1.54) is 0 Å². The van der Waals surface area contributed by atoms with Crippen molar-refractivity contribution >= 4 is 11.8 Å². The summed E-state index contributed by atoms with van der Waals surface area (Å²) in [6.45, 7) is 4.17. The average Bonchev–Trinajstić information content (AvgIpc) is 2.86. The minimum atomic E-state index is -0.538. The first-order valence-corrected chi connectivity index (χ1v) is 11.7. The normalized spacial score (nSPS) is 18.2. The lowest BCUT2D eigenvalue weighted by Gasteiger charge is -2.40. The van der Waals surface area contributed by atoms with Crippen molar-refractivity contribution in [3.8, 4) is 11.5 Å². The summed E-state index contributed by atoms with van der Waals surface area (Å²) in [6, 6.07) is 15.0. The van der Waals surface area contributed by atoms with Crippen molar-refractivity contribution in [1.29, 1.82) is 0 Å². The van der Waals surface area contributed by atoms with Crippen molar-refractivity contribution in [2.75, 3.05) is 46.9 Å². The van der Waals surface area contributed by atoms with Gasteiger partial charge in [0.1, 0.15) is 17.5 Å². The lowest BCUT2D eigenvalue weighted by atomic mass is 9.99. The fourth-order valence-corrected chi connectivity index (χ4v) is 4.74. The van der Waals surface area contributed by atoms with Gasteiger partial charge in [-0.05, 0) is 36.6 Å². The van der Waals surface area contributed by atoms with E-state index in [4.69, 9.17) is 9.47 Å². The Morgan fingerprint density at radius 2 is 1.70 bits per heavy atom. The van der Waals surface area contributed by atoms with Gasteiger partial charge in [0.2, 0.25) is 11.8 Å². The molecule has 0 aliphatic carbocycles. The fraction of sp³-hybridized carbons (Fsp3) is 0.462. The third-order valence-electron chi connectivity index (χ3n) is 6.59. The van der Waals surface area contributed by atoms with Gasteiger partial charge in [-0.25, -0.2) is 0 Å². The predicted molar refractivity (Wildman–Crippen MR) is 126 cm³/mol. The third kappa shape index (κ3) is 5.30. The first-order valence-electron chi connectivity index (χ1n) is 11.7. The Balaban J connectivity index is 1.45. The predicted octanol–water partition coefficient (Wildman–Crippen LogP) is 3.10. The average molecular weight is 452 g/mol. The number of ether oxygens (including phenoxy) is 2. The standard InChI is InChI=1S/C26H33N3O4/c1-32-22-11-12-23(33-2)21(18-22)19-27-14-16-28(17-15-27)26(31)25(20-8-4-3-5-9-20)29-13-7-6-10-24(29)30/h3-5,8-9,11-12,18,25H,6-7,10,13-17,19H2,1-2H3. The number of hydrogen-bond acceptors (Lipinski definition) is 5. The van der Waals surface area contributed by atoms with E-state index in [-0.39, 0.29) is 11.8 Å². The maximum Gasteiger partial charge on any atom is 0.250 e. The van der Waals surface area contributed by atoms with E-state index in [9.17, 15) is 9.59 Å². The largest absolute Gasteiger partial charge is 0.497 e. The van der Waals surface area contributed by atoms with Gasteiger partial charge in [0.05, 0.1) is 14.2 Å². The van der Waals surface area contributed by atoms with Gasteiger partial charge >= 0.3 is 0 Å². The molecule has 0 bridgehead atoms. The number of carbonyl (C=O) groups is 2. The number of methoxy groups -OCH3 is 2. The molecule has 2 aliphatic heterocycles. The molecule has 1 atom stereocenters. The number of amides is 2. The van der Waals surface area contributed by atoms with E-state index in [2.05, 4.69) is 4.90 Å². The summed E-state index contributed by atoms with van der Waals surface area (Å²) in [6.07, 6.45) is 2.36. The van der Waals surface area contributed by atoms with Gasteiger partial charge in [0.25, 0.3) is 0 Å². The Morgan fingerprint density at radius 1 is 0.939 bits per heavy atom. The van der Waals surface area contributed by atoms with Crippen molar-refractivity contribution in [2.45, 2.75) is 31.8 Å². The molecule has 2 heterocycles. The van der Waals surface area contributed by atoms with Crippen LogP contribution in [-0.4, -0.2) is 73.5 Å². The Labute approximate surface area is 195 Å². The van der Waals surface area contributed by atoms with Crippen LogP contribution in [0.5, 0.6) is 11.5 Å². The molecule has 0 aromatic heterocycles. The second-order valence-corrected chi connectivity index (χ2v) is 8.64. The number of hydrogen-bond donors (Lipinski definition) is 0. The van der Waals surface area contributed by atoms with E-state index < -0.39 is 6.04 Å². The molecule has 2 aromatic rings. The number of likely N-dealkylation sites (tertiary alicyclic amines) is 1. The molecule has 2 aliphatic rings. The third-order valence-corrected chi connectivity index (χ3v) is 6.59. The number of piperidine rings is 1. The quantitative estimate of drug-likeness (QED) is 0.647. The maximum absolute atomic E-state index is 13.7. The molecule has 2 saturated heterocycles. The number of nitrogens with zero attached hydrogens (tertiary/aromatic N) is 3. The highest BCUT2D eigenvalue weighted by atomic mass is 16.5. The van der Waals surface area contributed by atoms with Crippen molar-refractivity contribution in [3.05, 3.63) is 59.7 Å². The number of carbonyl (C=O) groups excluding carboxylic acids is 2. The smallest absolute Gasteiger partial charge is 0.250 e. The van der Waals surface area contributed by atoms with Gasteiger partial charge in [-0.15, -0.1) is 0 Å². The zero-order valence-electron chi connectivity index (χ0n) is 19.5. The van der Waals surface area contributed by atoms with E-state index in [1.54, 1.807) is 19.1 Å². The van der Waals surface area contributed by atoms with Crippen molar-refractivity contribution < 1.29 is 19.1 Å². The number of benzene rings is 2. The summed E-state index contributed by atoms with van der Waals surface area (Å²) >= 11 is 0. The second-order valence-electron chi connectivity index (χ2n) is 8.64. The van der Waals surface area contributed by atoms with E-state index in [1.807, 2.05) is 53.4 Å². The first kappa shape index (κ1) is 23.1. The summed E-state index contributed by atoms with van der Waals surface area (Å²) in [7, 11) is 3.33. The minimum absolute atomic E-state index is 0.0232. The molecule has 2 fully saturated rings. The molecule has 1 unspecified atom stereocenters. The molecule has 7 heteroatoms. The van der Waals surface area contributed by atoms with Gasteiger partial charge in [-0.3, -0.25) is 14.5 Å². The van der Waals surface area contributed by atoms with Crippen molar-refractivity contribution in [3.63, 3.8) is 0 Å². The molecule has 0 saturated carbocycles. The molecular formula is C26H33N3O4. The molecule has 176 valence electrons. The van der Waals surface area contributed by atoms with Crippen LogP contribution < -0.4 is 9.47 Å². The summed E-state index contributed by atoms with van der Waals surface area (Å²) < 4.78 is 10.9. The molecule has 0 radical (unpaired) electrons. The fourth-order valence-electron chi connectivity index (χ4n) is 4.74. The summed E-state index contributed by atoms with van der Waals surface area (Å²) in [5.74, 6) is 1.74. The molecule has 7 nitrogen and oxygen atoms in total. The number of piperazine rings is 1. The van der Waals surface area contributed by atoms with Crippen LogP contribution >= 0.6 is 0 Å². The van der Waals surface area contributed by atoms with Crippen molar-refractivity contribution in [1.82, 2.24) is 14.7 Å². The van der Waals surface area contributed by atoms with Crippen LogP contribution in [0.2, 0.25) is 0 Å². The zero-order chi connectivity index (χ0) is 23.2. The number of rotatable bonds is 7. The minimum Gasteiger partial charge on any atom is -0.497 e. The summed E-state index contributed by atoms with van der Waals surface area (Å²) in [4.78, 5) is 32.4. The van der Waals surface area contributed by atoms with Crippen LogP contribution in [0.4, 0.5) is 0 Å². The van der Waals surface area contributed by atoms with Gasteiger partial charge in [-0.1, -0.05) is 30.3 Å². The summed E-state index contributed by atoms with van der Waals surface area (Å²) in [5, 5.41) is 0. The van der Waals surface area contributed by atoms with E-state index in [0.29, 0.717) is 26.1 Å². The van der Waals surface area contributed by atoms with Crippen molar-refractivity contribution in [2.24, 2.45) is 0 Å². The molecule has 2 amide bonds. The molecule has 33 heavy (non-hydrogen) atoms. The topological polar surface area (TPSA) is 62.3 Å². The molecule has 4 rings (SSSR count).